The van der Waals surface area contributed by atoms with Gasteiger partial charge in [-0.25, -0.2) is 0 Å². The van der Waals surface area contributed by atoms with E-state index in [1.807, 2.05) is 65.8 Å². The fourth-order valence-electron chi connectivity index (χ4n) is 3.47. The molecular formula is C23H36BN3O5. The van der Waals surface area contributed by atoms with Gasteiger partial charge in [-0.3, -0.25) is 14.4 Å². The van der Waals surface area contributed by atoms with Crippen LogP contribution in [0.4, 0.5) is 0 Å². The lowest BCUT2D eigenvalue weighted by Crippen LogP contribution is -2.53. The quantitative estimate of drug-likeness (QED) is 0.491. The van der Waals surface area contributed by atoms with Crippen molar-refractivity contribution in [3.8, 4) is 0 Å². The number of carbonyl (C=O) groups excluding carboxylic acids is 3. The second kappa shape index (κ2) is 10.0. The lowest BCUT2D eigenvalue weighted by atomic mass is 9.78. The molecule has 0 aromatic heterocycles. The number of rotatable bonds is 9. The highest BCUT2D eigenvalue weighted by Gasteiger charge is 2.51. The molecule has 32 heavy (non-hydrogen) atoms. The largest absolute Gasteiger partial charge is 0.494 e. The van der Waals surface area contributed by atoms with Crippen molar-refractivity contribution in [3.05, 3.63) is 29.8 Å². The van der Waals surface area contributed by atoms with E-state index in [4.69, 9.17) is 15.0 Å². The molecular weight excluding hydrogens is 409 g/mol. The zero-order chi connectivity index (χ0) is 24.3. The van der Waals surface area contributed by atoms with Crippen LogP contribution in [-0.4, -0.2) is 48.1 Å². The molecule has 0 radical (unpaired) electrons. The highest BCUT2D eigenvalue weighted by atomic mass is 16.7. The van der Waals surface area contributed by atoms with Crippen molar-refractivity contribution in [2.24, 2.45) is 11.7 Å². The van der Waals surface area contributed by atoms with Crippen LogP contribution >= 0.6 is 0 Å². The molecule has 3 amide bonds. The average Bonchev–Trinajstić information content (AvgIpc) is 2.87. The summed E-state index contributed by atoms with van der Waals surface area (Å²) in [6, 6.07) is 5.88. The van der Waals surface area contributed by atoms with Crippen LogP contribution in [0.2, 0.25) is 0 Å². The summed E-state index contributed by atoms with van der Waals surface area (Å²) in [4.78, 5) is 36.2. The van der Waals surface area contributed by atoms with E-state index in [0.29, 0.717) is 6.42 Å². The van der Waals surface area contributed by atoms with Gasteiger partial charge in [-0.2, -0.15) is 0 Å². The number of nitrogens with two attached hydrogens (primary N) is 1. The van der Waals surface area contributed by atoms with Crippen LogP contribution in [0.15, 0.2) is 24.3 Å². The molecule has 1 aliphatic rings. The fraction of sp³-hybridized carbons (Fsp3) is 0.609. The molecule has 0 saturated carbocycles. The van der Waals surface area contributed by atoms with Crippen LogP contribution < -0.4 is 21.8 Å². The van der Waals surface area contributed by atoms with Crippen molar-refractivity contribution in [2.45, 2.75) is 84.6 Å². The van der Waals surface area contributed by atoms with Crippen molar-refractivity contribution in [1.82, 2.24) is 10.6 Å². The van der Waals surface area contributed by atoms with Crippen molar-refractivity contribution in [2.75, 3.05) is 0 Å². The van der Waals surface area contributed by atoms with E-state index < -0.39 is 42.2 Å². The molecule has 1 aromatic rings. The van der Waals surface area contributed by atoms with E-state index >= 15 is 0 Å². The topological polar surface area (TPSA) is 120 Å². The molecule has 0 unspecified atom stereocenters. The summed E-state index contributed by atoms with van der Waals surface area (Å²) in [6.07, 6.45) is 0.693. The van der Waals surface area contributed by atoms with Gasteiger partial charge in [-0.05, 0) is 51.1 Å². The Bertz CT molecular complexity index is 823. The van der Waals surface area contributed by atoms with Gasteiger partial charge in [-0.1, -0.05) is 38.1 Å². The van der Waals surface area contributed by atoms with Crippen LogP contribution in [0.1, 0.15) is 60.5 Å². The van der Waals surface area contributed by atoms with E-state index in [1.165, 1.54) is 6.92 Å². The second-order valence-corrected chi connectivity index (χ2v) is 9.88. The minimum Gasteiger partial charge on any atom is -0.399 e. The maximum atomic E-state index is 12.7. The van der Waals surface area contributed by atoms with Gasteiger partial charge in [-0.15, -0.1) is 0 Å². The van der Waals surface area contributed by atoms with Crippen molar-refractivity contribution < 1.29 is 23.7 Å². The van der Waals surface area contributed by atoms with E-state index in [1.54, 1.807) is 0 Å². The van der Waals surface area contributed by atoms with Crippen LogP contribution in [0.5, 0.6) is 0 Å². The van der Waals surface area contributed by atoms with Crippen molar-refractivity contribution >= 4 is 30.3 Å². The molecule has 2 rings (SSSR count). The number of primary amides is 1. The van der Waals surface area contributed by atoms with Crippen LogP contribution in [0.25, 0.3) is 0 Å². The lowest BCUT2D eigenvalue weighted by Gasteiger charge is -2.32. The zero-order valence-corrected chi connectivity index (χ0v) is 20.2. The molecule has 0 aliphatic carbocycles. The van der Waals surface area contributed by atoms with Crippen LogP contribution in [0.3, 0.4) is 0 Å². The summed E-state index contributed by atoms with van der Waals surface area (Å²) in [7, 11) is -0.477. The van der Waals surface area contributed by atoms with Gasteiger partial charge < -0.3 is 25.7 Å². The summed E-state index contributed by atoms with van der Waals surface area (Å²) in [5.74, 6) is -1.18. The van der Waals surface area contributed by atoms with E-state index in [2.05, 4.69) is 10.6 Å². The maximum absolute atomic E-state index is 12.7. The molecule has 1 aliphatic heterocycles. The SMILES string of the molecule is CC(=O)N[C@@H](CC(C)C)C(=O)N[C@@H](Cc1ccc(B2OC(C)(C)C(C)(C)O2)cc1)C(N)=O. The number of hydrogen-bond donors (Lipinski definition) is 3. The van der Waals surface area contributed by atoms with Gasteiger partial charge in [0, 0.05) is 13.3 Å². The normalized spacial score (nSPS) is 18.8. The molecule has 1 fully saturated rings. The second-order valence-electron chi connectivity index (χ2n) is 9.88. The molecule has 0 bridgehead atoms. The lowest BCUT2D eigenvalue weighted by molar-refractivity contribution is -0.131. The molecule has 2 atom stereocenters. The third-order valence-electron chi connectivity index (χ3n) is 6.01. The number of nitrogens with one attached hydrogen (secondary N) is 2. The average molecular weight is 445 g/mol. The number of amides is 3. The number of benzene rings is 1. The Morgan fingerprint density at radius 2 is 1.50 bits per heavy atom. The molecule has 176 valence electrons. The third-order valence-corrected chi connectivity index (χ3v) is 6.01. The van der Waals surface area contributed by atoms with Crippen LogP contribution in [-0.2, 0) is 30.1 Å². The Labute approximate surface area is 191 Å². The summed E-state index contributed by atoms with van der Waals surface area (Å²) in [5.41, 5.74) is 6.38. The van der Waals surface area contributed by atoms with Gasteiger partial charge >= 0.3 is 7.12 Å². The predicted molar refractivity (Wildman–Crippen MR) is 124 cm³/mol. The standard InChI is InChI=1S/C23H36BN3O5/c1-14(2)12-19(26-15(3)28)21(30)27-18(20(25)29)13-16-8-10-17(11-9-16)24-31-22(4,5)23(6,7)32-24/h8-11,14,18-19H,12-13H2,1-7H3,(H2,25,29)(H,26,28)(H,27,30)/t18-,19-/m0/s1. The minimum absolute atomic E-state index is 0.187. The molecule has 9 heteroatoms. The van der Waals surface area contributed by atoms with Crippen LogP contribution in [0, 0.1) is 5.92 Å². The molecule has 1 saturated heterocycles. The van der Waals surface area contributed by atoms with E-state index in [0.717, 1.165) is 11.0 Å². The fourth-order valence-corrected chi connectivity index (χ4v) is 3.47. The molecule has 1 heterocycles. The first-order valence-electron chi connectivity index (χ1n) is 11.0. The first-order valence-corrected chi connectivity index (χ1v) is 11.0. The Morgan fingerprint density at radius 1 is 0.969 bits per heavy atom. The zero-order valence-electron chi connectivity index (χ0n) is 20.2. The highest BCUT2D eigenvalue weighted by molar-refractivity contribution is 6.62. The third kappa shape index (κ3) is 6.56. The van der Waals surface area contributed by atoms with Crippen molar-refractivity contribution in [1.29, 1.82) is 0 Å². The minimum atomic E-state index is -0.895. The van der Waals surface area contributed by atoms with Gasteiger partial charge in [0.25, 0.3) is 0 Å². The highest BCUT2D eigenvalue weighted by Crippen LogP contribution is 2.36. The number of hydrogen-bond acceptors (Lipinski definition) is 5. The van der Waals surface area contributed by atoms with Gasteiger partial charge in [0.05, 0.1) is 11.2 Å². The Hall–Kier alpha value is -2.39. The van der Waals surface area contributed by atoms with Gasteiger partial charge in [0.1, 0.15) is 12.1 Å². The Balaban J connectivity index is 2.07. The summed E-state index contributed by atoms with van der Waals surface area (Å²) in [5, 5.41) is 5.33. The Kier molecular flexibility index (Phi) is 8.12. The monoisotopic (exact) mass is 445 g/mol. The first kappa shape index (κ1) is 25.9. The molecule has 8 nitrogen and oxygen atoms in total. The van der Waals surface area contributed by atoms with E-state index in [-0.39, 0.29) is 18.2 Å². The summed E-state index contributed by atoms with van der Waals surface area (Å²) < 4.78 is 12.1. The smallest absolute Gasteiger partial charge is 0.399 e. The first-order chi connectivity index (χ1) is 14.7. The molecule has 0 spiro atoms. The Morgan fingerprint density at radius 3 is 1.94 bits per heavy atom. The van der Waals surface area contributed by atoms with Gasteiger partial charge in [0.2, 0.25) is 17.7 Å². The van der Waals surface area contributed by atoms with E-state index in [9.17, 15) is 14.4 Å². The maximum Gasteiger partial charge on any atom is 0.494 e. The summed E-state index contributed by atoms with van der Waals surface area (Å²) >= 11 is 0. The summed E-state index contributed by atoms with van der Waals surface area (Å²) in [6.45, 7) is 13.2. The molecule has 1 aromatic carbocycles. The number of carbonyl (C=O) groups is 3. The molecule has 4 N–H and O–H groups in total. The predicted octanol–water partition coefficient (Wildman–Crippen LogP) is 1.05. The van der Waals surface area contributed by atoms with Gasteiger partial charge in [0.15, 0.2) is 0 Å². The van der Waals surface area contributed by atoms with Crippen molar-refractivity contribution in [3.63, 3.8) is 0 Å².